The van der Waals surface area contributed by atoms with Crippen LogP contribution in [0.3, 0.4) is 0 Å². The lowest BCUT2D eigenvalue weighted by Crippen LogP contribution is -2.36. The van der Waals surface area contributed by atoms with Gasteiger partial charge in [0.1, 0.15) is 27.7 Å². The number of hydrogen-bond donors (Lipinski definition) is 2. The van der Waals surface area contributed by atoms with Gasteiger partial charge in [-0.1, -0.05) is 32.0 Å². The van der Waals surface area contributed by atoms with Gasteiger partial charge in [-0.05, 0) is 38.0 Å². The number of halogens is 3. The van der Waals surface area contributed by atoms with Crippen LogP contribution in [0.1, 0.15) is 59.3 Å². The van der Waals surface area contributed by atoms with Crippen LogP contribution in [0.15, 0.2) is 28.4 Å². The number of hydrogen-bond acceptors (Lipinski definition) is 7. The summed E-state index contributed by atoms with van der Waals surface area (Å²) in [6, 6.07) is 0. The maximum atomic E-state index is 14.9. The topological polar surface area (TPSA) is 85.6 Å². The SMILES string of the molecule is CCCC(CC(=N)C(=O)CNCC1=NN(C)C(C(C)C2CC2)S1)C(=O)C1=C(F)C=C(F)CC1(C)F. The molecule has 194 valence electrons. The molecule has 0 saturated heterocycles. The molecule has 1 fully saturated rings. The number of Topliss-reactive ketones (excluding diaryl/α,β-unsaturated/α-hetero) is 2. The Morgan fingerprint density at radius 2 is 2.06 bits per heavy atom. The lowest BCUT2D eigenvalue weighted by molar-refractivity contribution is -0.120. The van der Waals surface area contributed by atoms with Crippen LogP contribution in [0.5, 0.6) is 0 Å². The monoisotopic (exact) mass is 512 g/mol. The number of alkyl halides is 1. The van der Waals surface area contributed by atoms with E-state index in [1.165, 1.54) is 12.8 Å². The molecule has 4 unspecified atom stereocenters. The van der Waals surface area contributed by atoms with E-state index in [0.29, 0.717) is 25.0 Å². The number of allylic oxidation sites excluding steroid dienone is 4. The predicted octanol–water partition coefficient (Wildman–Crippen LogP) is 5.11. The molecule has 1 aliphatic heterocycles. The van der Waals surface area contributed by atoms with Crippen LogP contribution < -0.4 is 5.32 Å². The number of ketones is 2. The smallest absolute Gasteiger partial charge is 0.190 e. The van der Waals surface area contributed by atoms with Crippen molar-refractivity contribution in [2.75, 3.05) is 20.1 Å². The Morgan fingerprint density at radius 3 is 2.66 bits per heavy atom. The van der Waals surface area contributed by atoms with E-state index in [4.69, 9.17) is 5.41 Å². The van der Waals surface area contributed by atoms with Crippen molar-refractivity contribution in [3.05, 3.63) is 23.3 Å². The molecule has 10 heteroatoms. The molecule has 4 atom stereocenters. The number of nitrogens with zero attached hydrogens (tertiary/aromatic N) is 2. The van der Waals surface area contributed by atoms with E-state index < -0.39 is 46.8 Å². The summed E-state index contributed by atoms with van der Waals surface area (Å²) < 4.78 is 42.8. The first kappa shape index (κ1) is 27.6. The van der Waals surface area contributed by atoms with E-state index in [0.717, 1.165) is 17.9 Å². The van der Waals surface area contributed by atoms with Gasteiger partial charge in [0.05, 0.1) is 17.8 Å². The highest BCUT2D eigenvalue weighted by Crippen LogP contribution is 2.44. The van der Waals surface area contributed by atoms with Crippen molar-refractivity contribution in [1.29, 1.82) is 5.41 Å². The third kappa shape index (κ3) is 6.84. The largest absolute Gasteiger partial charge is 0.303 e. The van der Waals surface area contributed by atoms with Crippen LogP contribution in [0.2, 0.25) is 0 Å². The molecular formula is C25H35F3N4O2S. The van der Waals surface area contributed by atoms with Gasteiger partial charge in [0.2, 0.25) is 0 Å². The molecule has 0 amide bonds. The third-order valence-electron chi connectivity index (χ3n) is 6.86. The standard InChI is InChI=1S/C25H35F3N4O2S/c1-5-6-16(23(34)22-18(27)10-17(26)11-25(22,3)28)9-19(29)20(33)12-30-13-21-31-32(4)24(35-21)14(2)15-7-8-15/h10,14-16,24,29-30H,5-9,11-13H2,1-4H3. The van der Waals surface area contributed by atoms with Crippen molar-refractivity contribution in [2.24, 2.45) is 22.9 Å². The molecule has 3 rings (SSSR count). The highest BCUT2D eigenvalue weighted by atomic mass is 32.2. The minimum atomic E-state index is -2.47. The second kappa shape index (κ2) is 11.4. The Balaban J connectivity index is 1.53. The van der Waals surface area contributed by atoms with Gasteiger partial charge < -0.3 is 10.7 Å². The summed E-state index contributed by atoms with van der Waals surface area (Å²) in [6.07, 6.45) is 2.93. The summed E-state index contributed by atoms with van der Waals surface area (Å²) in [7, 11) is 1.95. The second-order valence-corrected chi connectivity index (χ2v) is 11.2. The Hall–Kier alpha value is -1.94. The Morgan fingerprint density at radius 1 is 1.37 bits per heavy atom. The lowest BCUT2D eigenvalue weighted by Gasteiger charge is -2.28. The minimum absolute atomic E-state index is 0.0934. The first-order valence-corrected chi connectivity index (χ1v) is 13.1. The van der Waals surface area contributed by atoms with Gasteiger partial charge in [-0.2, -0.15) is 5.10 Å². The molecule has 0 spiro atoms. The number of thioether (sulfide) groups is 1. The highest BCUT2D eigenvalue weighted by molar-refractivity contribution is 8.14. The molecule has 0 aromatic rings. The summed E-state index contributed by atoms with van der Waals surface area (Å²) in [5.41, 5.74) is -3.45. The number of carbonyl (C=O) groups excluding carboxylic acids is 2. The van der Waals surface area contributed by atoms with Gasteiger partial charge in [-0.15, -0.1) is 0 Å². The van der Waals surface area contributed by atoms with Crippen molar-refractivity contribution in [1.82, 2.24) is 10.3 Å². The van der Waals surface area contributed by atoms with Gasteiger partial charge in [-0.25, -0.2) is 13.2 Å². The molecule has 2 N–H and O–H groups in total. The summed E-state index contributed by atoms with van der Waals surface area (Å²) in [6.45, 7) is 5.33. The summed E-state index contributed by atoms with van der Waals surface area (Å²) in [5.74, 6) is -3.11. The van der Waals surface area contributed by atoms with Gasteiger partial charge in [-0.3, -0.25) is 14.6 Å². The van der Waals surface area contributed by atoms with Crippen LogP contribution >= 0.6 is 11.8 Å². The van der Waals surface area contributed by atoms with E-state index >= 15 is 0 Å². The van der Waals surface area contributed by atoms with E-state index in [9.17, 15) is 22.8 Å². The Labute approximate surface area is 209 Å². The van der Waals surface area contributed by atoms with Crippen LogP contribution in [0.25, 0.3) is 0 Å². The predicted molar refractivity (Wildman–Crippen MR) is 134 cm³/mol. The quantitative estimate of drug-likeness (QED) is 0.335. The first-order chi connectivity index (χ1) is 16.4. The highest BCUT2D eigenvalue weighted by Gasteiger charge is 2.42. The lowest BCUT2D eigenvalue weighted by atomic mass is 9.79. The molecule has 0 aromatic heterocycles. The average Bonchev–Trinajstić information content (AvgIpc) is 3.54. The zero-order chi connectivity index (χ0) is 25.9. The first-order valence-electron chi connectivity index (χ1n) is 12.2. The van der Waals surface area contributed by atoms with Crippen molar-refractivity contribution in [3.8, 4) is 0 Å². The minimum Gasteiger partial charge on any atom is -0.303 e. The van der Waals surface area contributed by atoms with Crippen LogP contribution in [0.4, 0.5) is 13.2 Å². The van der Waals surface area contributed by atoms with E-state index in [2.05, 4.69) is 17.3 Å². The van der Waals surface area contributed by atoms with Crippen molar-refractivity contribution < 1.29 is 22.8 Å². The molecule has 6 nitrogen and oxygen atoms in total. The molecule has 2 aliphatic carbocycles. The number of carbonyl (C=O) groups is 2. The zero-order valence-electron chi connectivity index (χ0n) is 20.8. The normalized spacial score (nSPS) is 26.4. The number of hydrazone groups is 1. The molecule has 3 aliphatic rings. The van der Waals surface area contributed by atoms with Crippen molar-refractivity contribution >= 4 is 34.1 Å². The van der Waals surface area contributed by atoms with E-state index in [1.807, 2.05) is 12.1 Å². The van der Waals surface area contributed by atoms with Crippen LogP contribution in [-0.2, 0) is 9.59 Å². The van der Waals surface area contributed by atoms with E-state index in [-0.39, 0.29) is 30.5 Å². The third-order valence-corrected chi connectivity index (χ3v) is 8.33. The Kier molecular flexibility index (Phi) is 9.01. The molecule has 0 radical (unpaired) electrons. The summed E-state index contributed by atoms with van der Waals surface area (Å²) >= 11 is 1.69. The fourth-order valence-corrected chi connectivity index (χ4v) is 6.05. The van der Waals surface area contributed by atoms with Crippen LogP contribution in [0, 0.1) is 23.2 Å². The zero-order valence-corrected chi connectivity index (χ0v) is 21.6. The molecule has 35 heavy (non-hydrogen) atoms. The Bertz CT molecular complexity index is 958. The van der Waals surface area contributed by atoms with Crippen LogP contribution in [-0.4, -0.2) is 58.5 Å². The molecule has 0 aromatic carbocycles. The maximum Gasteiger partial charge on any atom is 0.190 e. The number of nitrogens with one attached hydrogen (secondary N) is 2. The average molecular weight is 513 g/mol. The van der Waals surface area contributed by atoms with Gasteiger partial charge >= 0.3 is 0 Å². The number of rotatable bonds is 13. The fraction of sp³-hybridized carbons (Fsp3) is 0.680. The van der Waals surface area contributed by atoms with E-state index in [1.54, 1.807) is 18.7 Å². The van der Waals surface area contributed by atoms with Crippen molar-refractivity contribution in [2.45, 2.75) is 70.3 Å². The molecule has 1 saturated carbocycles. The van der Waals surface area contributed by atoms with Gasteiger partial charge in [0.15, 0.2) is 11.6 Å². The summed E-state index contributed by atoms with van der Waals surface area (Å²) in [5, 5.41) is 18.9. The molecular weight excluding hydrogens is 477 g/mol. The van der Waals surface area contributed by atoms with Gasteiger partial charge in [0.25, 0.3) is 0 Å². The van der Waals surface area contributed by atoms with Crippen molar-refractivity contribution in [3.63, 3.8) is 0 Å². The maximum absolute atomic E-state index is 14.9. The molecule has 1 heterocycles. The van der Waals surface area contributed by atoms with Gasteiger partial charge in [0, 0.05) is 38.4 Å². The fourth-order valence-electron chi connectivity index (χ4n) is 4.77. The molecule has 0 bridgehead atoms. The summed E-state index contributed by atoms with van der Waals surface area (Å²) in [4.78, 5) is 25.5. The second-order valence-electron chi connectivity index (χ2n) is 10.0.